The molecule has 0 aromatic rings. The van der Waals surface area contributed by atoms with Crippen molar-refractivity contribution in [2.75, 3.05) is 0 Å². The zero-order chi connectivity index (χ0) is 14.6. The van der Waals surface area contributed by atoms with Crippen LogP contribution >= 0.6 is 0 Å². The van der Waals surface area contributed by atoms with Crippen LogP contribution in [0.3, 0.4) is 0 Å². The normalized spacial score (nSPS) is 20.5. The summed E-state index contributed by atoms with van der Waals surface area (Å²) in [7, 11) is 0. The summed E-state index contributed by atoms with van der Waals surface area (Å²) in [5.41, 5.74) is 6.25. The van der Waals surface area contributed by atoms with E-state index in [1.54, 1.807) is 0 Å². The number of amides is 1. The lowest BCUT2D eigenvalue weighted by atomic mass is 10.1. The largest absolute Gasteiger partial charge is 0.480 e. The van der Waals surface area contributed by atoms with Crippen LogP contribution in [0.1, 0.15) is 25.7 Å². The van der Waals surface area contributed by atoms with E-state index in [-0.39, 0.29) is 18.8 Å². The van der Waals surface area contributed by atoms with E-state index in [9.17, 15) is 14.4 Å². The average molecular weight is 270 g/mol. The molecule has 1 saturated carbocycles. The molecule has 1 rings (SSSR count). The van der Waals surface area contributed by atoms with E-state index >= 15 is 0 Å². The van der Waals surface area contributed by atoms with Gasteiger partial charge in [-0.1, -0.05) is 12.2 Å². The van der Waals surface area contributed by atoms with Crippen LogP contribution in [0.4, 0.5) is 0 Å². The quantitative estimate of drug-likeness (QED) is 0.449. The van der Waals surface area contributed by atoms with Gasteiger partial charge in [0.25, 0.3) is 0 Å². The highest BCUT2D eigenvalue weighted by Crippen LogP contribution is 2.39. The number of rotatable bonds is 8. The Morgan fingerprint density at radius 2 is 1.95 bits per heavy atom. The number of carboxylic acid groups (broad SMARTS) is 2. The van der Waals surface area contributed by atoms with Gasteiger partial charge in [-0.2, -0.15) is 0 Å². The second kappa shape index (κ2) is 6.33. The van der Waals surface area contributed by atoms with E-state index in [1.165, 1.54) is 0 Å². The monoisotopic (exact) mass is 270 g/mol. The molecule has 0 saturated heterocycles. The summed E-state index contributed by atoms with van der Waals surface area (Å²) in [6.07, 6.45) is 0.987. The van der Waals surface area contributed by atoms with Crippen molar-refractivity contribution in [2.24, 2.45) is 11.7 Å². The van der Waals surface area contributed by atoms with Crippen molar-refractivity contribution in [1.29, 1.82) is 0 Å². The summed E-state index contributed by atoms with van der Waals surface area (Å²) in [4.78, 5) is 33.0. The molecule has 0 unspecified atom stereocenters. The van der Waals surface area contributed by atoms with Crippen molar-refractivity contribution in [3.8, 4) is 0 Å². The number of allylic oxidation sites excluding steroid dienone is 1. The van der Waals surface area contributed by atoms with E-state index in [0.717, 1.165) is 12.0 Å². The first-order chi connectivity index (χ1) is 8.81. The molecular formula is C12H18N2O5. The van der Waals surface area contributed by atoms with Crippen LogP contribution in [-0.2, 0) is 14.4 Å². The highest BCUT2D eigenvalue weighted by molar-refractivity contribution is 5.84. The number of carboxylic acids is 2. The molecule has 106 valence electrons. The average Bonchev–Trinajstić information content (AvgIpc) is 3.00. The summed E-state index contributed by atoms with van der Waals surface area (Å²) in [5, 5.41) is 19.9. The van der Waals surface area contributed by atoms with E-state index in [1.807, 2.05) is 0 Å². The van der Waals surface area contributed by atoms with Gasteiger partial charge in [-0.3, -0.25) is 9.59 Å². The van der Waals surface area contributed by atoms with Gasteiger partial charge in [-0.25, -0.2) is 4.79 Å². The minimum absolute atomic E-state index is 0.0242. The molecular weight excluding hydrogens is 252 g/mol. The van der Waals surface area contributed by atoms with Crippen LogP contribution in [0.5, 0.6) is 0 Å². The van der Waals surface area contributed by atoms with Gasteiger partial charge in [-0.05, 0) is 25.2 Å². The first kappa shape index (κ1) is 15.2. The van der Waals surface area contributed by atoms with Gasteiger partial charge in [0.15, 0.2) is 0 Å². The third-order valence-corrected chi connectivity index (χ3v) is 3.08. The number of aliphatic carboxylic acids is 2. The molecule has 0 bridgehead atoms. The molecule has 0 aliphatic heterocycles. The van der Waals surface area contributed by atoms with Crippen LogP contribution in [0.2, 0.25) is 0 Å². The minimum atomic E-state index is -1.18. The summed E-state index contributed by atoms with van der Waals surface area (Å²) in [6, 6.07) is -2.07. The topological polar surface area (TPSA) is 130 Å². The van der Waals surface area contributed by atoms with Gasteiger partial charge in [0.05, 0.1) is 0 Å². The molecule has 7 nitrogen and oxygen atoms in total. The van der Waals surface area contributed by atoms with Crippen molar-refractivity contribution in [2.45, 2.75) is 37.8 Å². The van der Waals surface area contributed by atoms with Gasteiger partial charge >= 0.3 is 11.9 Å². The number of hydrogen-bond donors (Lipinski definition) is 4. The Kier molecular flexibility index (Phi) is 5.05. The Morgan fingerprint density at radius 1 is 1.37 bits per heavy atom. The Labute approximate surface area is 110 Å². The maximum atomic E-state index is 11.5. The number of hydrogen-bond acceptors (Lipinski definition) is 4. The summed E-state index contributed by atoms with van der Waals surface area (Å²) >= 11 is 0. The second-order valence-electron chi connectivity index (χ2n) is 4.74. The zero-order valence-corrected chi connectivity index (χ0v) is 10.5. The van der Waals surface area contributed by atoms with Gasteiger partial charge in [0.2, 0.25) is 5.91 Å². The minimum Gasteiger partial charge on any atom is -0.480 e. The zero-order valence-electron chi connectivity index (χ0n) is 10.5. The molecule has 19 heavy (non-hydrogen) atoms. The van der Waals surface area contributed by atoms with Gasteiger partial charge in [0, 0.05) is 6.42 Å². The fourth-order valence-electron chi connectivity index (χ4n) is 1.69. The molecule has 1 amide bonds. The Bertz CT molecular complexity index is 407. The Morgan fingerprint density at radius 3 is 2.37 bits per heavy atom. The highest BCUT2D eigenvalue weighted by atomic mass is 16.4. The summed E-state index contributed by atoms with van der Waals surface area (Å²) in [5.74, 6) is -2.63. The molecule has 0 heterocycles. The van der Waals surface area contributed by atoms with Crippen LogP contribution in [0, 0.1) is 5.92 Å². The van der Waals surface area contributed by atoms with E-state index in [0.29, 0.717) is 6.42 Å². The van der Waals surface area contributed by atoms with Crippen LogP contribution < -0.4 is 11.1 Å². The molecule has 1 aliphatic rings. The van der Waals surface area contributed by atoms with E-state index in [2.05, 4.69) is 11.9 Å². The lowest BCUT2D eigenvalue weighted by molar-refractivity contribution is -0.142. The molecule has 1 fully saturated rings. The van der Waals surface area contributed by atoms with Crippen LogP contribution in [-0.4, -0.2) is 40.1 Å². The maximum Gasteiger partial charge on any atom is 0.326 e. The lowest BCUT2D eigenvalue weighted by Gasteiger charge is -2.14. The third kappa shape index (κ3) is 5.09. The van der Waals surface area contributed by atoms with Gasteiger partial charge in [0.1, 0.15) is 12.1 Å². The third-order valence-electron chi connectivity index (χ3n) is 3.08. The highest BCUT2D eigenvalue weighted by Gasteiger charge is 2.33. The van der Waals surface area contributed by atoms with Crippen molar-refractivity contribution in [3.05, 3.63) is 12.2 Å². The molecule has 3 atom stereocenters. The van der Waals surface area contributed by atoms with Crippen molar-refractivity contribution < 1.29 is 24.6 Å². The van der Waals surface area contributed by atoms with Crippen molar-refractivity contribution >= 4 is 17.8 Å². The molecule has 5 N–H and O–H groups in total. The van der Waals surface area contributed by atoms with Gasteiger partial charge < -0.3 is 21.3 Å². The van der Waals surface area contributed by atoms with E-state index < -0.39 is 29.9 Å². The number of nitrogens with two attached hydrogens (primary N) is 1. The lowest BCUT2D eigenvalue weighted by Crippen LogP contribution is -2.42. The Balaban J connectivity index is 2.36. The second-order valence-corrected chi connectivity index (χ2v) is 4.74. The standard InChI is InChI=1S/C12H18N2O5/c1-6-4-7(6)5-9(12(18)19)14-10(15)3-2-8(13)11(16)17/h7-9H,1-5,13H2,(H,14,15)(H,16,17)(H,18,19)/t7-,8+,9+/m0/s1. The van der Waals surface area contributed by atoms with Crippen molar-refractivity contribution in [3.63, 3.8) is 0 Å². The van der Waals surface area contributed by atoms with Gasteiger partial charge in [-0.15, -0.1) is 0 Å². The summed E-state index contributed by atoms with van der Waals surface area (Å²) in [6.45, 7) is 3.73. The first-order valence-electron chi connectivity index (χ1n) is 5.99. The predicted molar refractivity (Wildman–Crippen MR) is 66.3 cm³/mol. The fraction of sp³-hybridized carbons (Fsp3) is 0.583. The molecule has 0 spiro atoms. The molecule has 0 aromatic carbocycles. The molecule has 0 radical (unpaired) electrons. The number of carbonyl (C=O) groups is 3. The predicted octanol–water partition coefficient (Wildman–Crippen LogP) is -0.286. The van der Waals surface area contributed by atoms with Crippen molar-refractivity contribution in [1.82, 2.24) is 5.32 Å². The number of nitrogens with one attached hydrogen (secondary N) is 1. The van der Waals surface area contributed by atoms with Crippen LogP contribution in [0.25, 0.3) is 0 Å². The molecule has 1 aliphatic carbocycles. The maximum absolute atomic E-state index is 11.5. The van der Waals surface area contributed by atoms with E-state index in [4.69, 9.17) is 15.9 Å². The molecule has 0 aromatic heterocycles. The van der Waals surface area contributed by atoms with Crippen LogP contribution in [0.15, 0.2) is 12.2 Å². The smallest absolute Gasteiger partial charge is 0.326 e. The SMILES string of the molecule is C=C1C[C@H]1C[C@@H](NC(=O)CC[C@@H](N)C(=O)O)C(=O)O. The first-order valence-corrected chi connectivity index (χ1v) is 5.99. The summed E-state index contributed by atoms with van der Waals surface area (Å²) < 4.78 is 0. The Hall–Kier alpha value is -1.89. The molecule has 7 heteroatoms. The fourth-order valence-corrected chi connectivity index (χ4v) is 1.69. The number of carbonyl (C=O) groups excluding carboxylic acids is 1.